The lowest BCUT2D eigenvalue weighted by Crippen LogP contribution is -2.34. The first-order valence-electron chi connectivity index (χ1n) is 9.63. The van der Waals surface area contributed by atoms with E-state index >= 15 is 0 Å². The van der Waals surface area contributed by atoms with E-state index in [1.165, 1.54) is 37.1 Å². The lowest BCUT2D eigenvalue weighted by molar-refractivity contribution is 0.176. The molecule has 1 fully saturated rings. The van der Waals surface area contributed by atoms with Crippen LogP contribution in [-0.4, -0.2) is 37.7 Å². The van der Waals surface area contributed by atoms with E-state index in [0.717, 1.165) is 24.8 Å². The Kier molecular flexibility index (Phi) is 5.44. The third kappa shape index (κ3) is 4.52. The summed E-state index contributed by atoms with van der Waals surface area (Å²) >= 11 is 0. The number of likely N-dealkylation sites (tertiary alicyclic amines) is 1. The zero-order valence-electron chi connectivity index (χ0n) is 15.8. The highest BCUT2D eigenvalue weighted by atomic mass is 15.3. The molecule has 1 atom stereocenters. The maximum atomic E-state index is 4.60. The highest BCUT2D eigenvalue weighted by Crippen LogP contribution is 2.20. The first-order valence-corrected chi connectivity index (χ1v) is 9.63. The Morgan fingerprint density at radius 1 is 1.15 bits per heavy atom. The number of anilines is 1. The van der Waals surface area contributed by atoms with Crippen LogP contribution in [0.15, 0.2) is 55.1 Å². The maximum absolute atomic E-state index is 4.60. The summed E-state index contributed by atoms with van der Waals surface area (Å²) in [5.41, 5.74) is 2.69. The first kappa shape index (κ1) is 17.7. The highest BCUT2D eigenvalue weighted by Gasteiger charge is 2.17. The van der Waals surface area contributed by atoms with Crippen LogP contribution < -0.4 is 5.32 Å². The molecule has 0 saturated carbocycles. The molecule has 6 nitrogen and oxygen atoms in total. The molecule has 3 heterocycles. The number of rotatable bonds is 6. The average Bonchev–Trinajstić information content (AvgIpc) is 3.23. The molecule has 1 aromatic carbocycles. The second kappa shape index (κ2) is 8.31. The largest absolute Gasteiger partial charge is 0.365 e. The number of hydrogen-bond donors (Lipinski definition) is 1. The molecule has 0 radical (unpaired) electrons. The SMILES string of the molecule is C[C@@H]1CCCN(Cc2ccccc2CNc2cncc(-n3cccn3)n2)C1. The van der Waals surface area contributed by atoms with Gasteiger partial charge in [0.25, 0.3) is 0 Å². The number of nitrogens with zero attached hydrogens (tertiary/aromatic N) is 5. The molecule has 3 aromatic rings. The van der Waals surface area contributed by atoms with Crippen LogP contribution >= 0.6 is 0 Å². The molecule has 1 aliphatic heterocycles. The van der Waals surface area contributed by atoms with Gasteiger partial charge in [0, 0.05) is 32.0 Å². The van der Waals surface area contributed by atoms with Crippen LogP contribution in [0, 0.1) is 5.92 Å². The Labute approximate surface area is 160 Å². The zero-order valence-corrected chi connectivity index (χ0v) is 15.8. The van der Waals surface area contributed by atoms with Crippen LogP contribution in [0.5, 0.6) is 0 Å². The van der Waals surface area contributed by atoms with Gasteiger partial charge < -0.3 is 5.32 Å². The summed E-state index contributed by atoms with van der Waals surface area (Å²) in [7, 11) is 0. The van der Waals surface area contributed by atoms with E-state index in [4.69, 9.17) is 0 Å². The van der Waals surface area contributed by atoms with Gasteiger partial charge in [0.1, 0.15) is 5.82 Å². The van der Waals surface area contributed by atoms with Crippen molar-refractivity contribution in [3.8, 4) is 5.82 Å². The first-order chi connectivity index (χ1) is 13.3. The van der Waals surface area contributed by atoms with E-state index in [1.807, 2.05) is 12.3 Å². The molecule has 0 bridgehead atoms. The minimum absolute atomic E-state index is 0.709. The summed E-state index contributed by atoms with van der Waals surface area (Å²) in [5, 5.41) is 7.63. The van der Waals surface area contributed by atoms with E-state index in [0.29, 0.717) is 5.82 Å². The summed E-state index contributed by atoms with van der Waals surface area (Å²) in [4.78, 5) is 11.5. The molecular formula is C21H26N6. The van der Waals surface area contributed by atoms with Crippen molar-refractivity contribution in [2.45, 2.75) is 32.9 Å². The van der Waals surface area contributed by atoms with Gasteiger partial charge in [0.15, 0.2) is 5.82 Å². The van der Waals surface area contributed by atoms with Crippen molar-refractivity contribution in [1.29, 1.82) is 0 Å². The van der Waals surface area contributed by atoms with Gasteiger partial charge in [-0.1, -0.05) is 31.2 Å². The van der Waals surface area contributed by atoms with E-state index in [2.05, 4.69) is 56.5 Å². The number of benzene rings is 1. The van der Waals surface area contributed by atoms with E-state index in [1.54, 1.807) is 23.3 Å². The predicted octanol–water partition coefficient (Wildman–Crippen LogP) is 3.51. The quantitative estimate of drug-likeness (QED) is 0.727. The van der Waals surface area contributed by atoms with Crippen LogP contribution in [0.3, 0.4) is 0 Å². The minimum Gasteiger partial charge on any atom is -0.365 e. The van der Waals surface area contributed by atoms with Crippen molar-refractivity contribution in [2.24, 2.45) is 5.92 Å². The van der Waals surface area contributed by atoms with E-state index < -0.39 is 0 Å². The van der Waals surface area contributed by atoms with Crippen molar-refractivity contribution in [2.75, 3.05) is 18.4 Å². The molecule has 1 N–H and O–H groups in total. The molecule has 1 saturated heterocycles. The molecule has 6 heteroatoms. The fourth-order valence-electron chi connectivity index (χ4n) is 3.70. The third-order valence-corrected chi connectivity index (χ3v) is 5.07. The smallest absolute Gasteiger partial charge is 0.173 e. The predicted molar refractivity (Wildman–Crippen MR) is 107 cm³/mol. The van der Waals surface area contributed by atoms with Gasteiger partial charge >= 0.3 is 0 Å². The normalized spacial score (nSPS) is 17.7. The Bertz CT molecular complexity index is 861. The van der Waals surface area contributed by atoms with Gasteiger partial charge in [-0.2, -0.15) is 5.10 Å². The lowest BCUT2D eigenvalue weighted by Gasteiger charge is -2.31. The molecule has 0 amide bonds. The summed E-state index contributed by atoms with van der Waals surface area (Å²) in [6, 6.07) is 10.5. The van der Waals surface area contributed by atoms with Crippen LogP contribution in [0.1, 0.15) is 30.9 Å². The molecule has 140 valence electrons. The van der Waals surface area contributed by atoms with Gasteiger partial charge in [0.2, 0.25) is 0 Å². The zero-order chi connectivity index (χ0) is 18.5. The molecule has 0 spiro atoms. The molecule has 27 heavy (non-hydrogen) atoms. The molecule has 4 rings (SSSR count). The summed E-state index contributed by atoms with van der Waals surface area (Å²) in [5.74, 6) is 2.26. The van der Waals surface area contributed by atoms with Crippen LogP contribution in [0.25, 0.3) is 5.82 Å². The number of aromatic nitrogens is 4. The van der Waals surface area contributed by atoms with Gasteiger partial charge in [-0.25, -0.2) is 9.67 Å². The van der Waals surface area contributed by atoms with Crippen molar-refractivity contribution in [1.82, 2.24) is 24.6 Å². The van der Waals surface area contributed by atoms with Gasteiger partial charge in [-0.3, -0.25) is 9.88 Å². The summed E-state index contributed by atoms with van der Waals surface area (Å²) < 4.78 is 1.71. The second-order valence-electron chi connectivity index (χ2n) is 7.32. The van der Waals surface area contributed by atoms with Gasteiger partial charge in [0.05, 0.1) is 12.4 Å². The van der Waals surface area contributed by atoms with Crippen molar-refractivity contribution in [3.05, 3.63) is 66.2 Å². The van der Waals surface area contributed by atoms with Crippen LogP contribution in [0.2, 0.25) is 0 Å². The maximum Gasteiger partial charge on any atom is 0.173 e. The Morgan fingerprint density at radius 3 is 2.85 bits per heavy atom. The fraction of sp³-hybridized carbons (Fsp3) is 0.381. The Morgan fingerprint density at radius 2 is 2.04 bits per heavy atom. The van der Waals surface area contributed by atoms with Crippen molar-refractivity contribution in [3.63, 3.8) is 0 Å². The molecular weight excluding hydrogens is 336 g/mol. The number of hydrogen-bond acceptors (Lipinski definition) is 5. The van der Waals surface area contributed by atoms with Gasteiger partial charge in [-0.05, 0) is 42.5 Å². The summed E-state index contributed by atoms with van der Waals surface area (Å²) in [6.07, 6.45) is 9.72. The summed E-state index contributed by atoms with van der Waals surface area (Å²) in [6.45, 7) is 6.49. The lowest BCUT2D eigenvalue weighted by atomic mass is 9.99. The van der Waals surface area contributed by atoms with Crippen LogP contribution in [0.4, 0.5) is 5.82 Å². The Balaban J connectivity index is 1.43. The highest BCUT2D eigenvalue weighted by molar-refractivity contribution is 5.38. The van der Waals surface area contributed by atoms with Crippen molar-refractivity contribution >= 4 is 5.82 Å². The van der Waals surface area contributed by atoms with Crippen molar-refractivity contribution < 1.29 is 0 Å². The average molecular weight is 362 g/mol. The van der Waals surface area contributed by atoms with E-state index in [9.17, 15) is 0 Å². The number of nitrogens with one attached hydrogen (secondary N) is 1. The minimum atomic E-state index is 0.709. The third-order valence-electron chi connectivity index (χ3n) is 5.07. The fourth-order valence-corrected chi connectivity index (χ4v) is 3.70. The van der Waals surface area contributed by atoms with Crippen LogP contribution in [-0.2, 0) is 13.1 Å². The molecule has 1 aliphatic rings. The monoisotopic (exact) mass is 362 g/mol. The second-order valence-corrected chi connectivity index (χ2v) is 7.32. The Hall–Kier alpha value is -2.73. The van der Waals surface area contributed by atoms with Gasteiger partial charge in [-0.15, -0.1) is 0 Å². The topological polar surface area (TPSA) is 58.9 Å². The number of piperidine rings is 1. The molecule has 2 aromatic heterocycles. The van der Waals surface area contributed by atoms with E-state index in [-0.39, 0.29) is 0 Å². The standard InChI is InChI=1S/C21H26N6/c1-17-6-4-10-26(15-17)16-19-8-3-2-7-18(19)12-23-20-13-22-14-21(25-20)27-11-5-9-24-27/h2-3,5,7-9,11,13-14,17H,4,6,10,12,15-16H2,1H3,(H,23,25)/t17-/m1/s1. The molecule has 0 unspecified atom stereocenters. The molecule has 0 aliphatic carbocycles.